The molecule has 3 N–H and O–H groups in total. The average molecular weight is 402 g/mol. The maximum absolute atomic E-state index is 11.3. The first-order chi connectivity index (χ1) is 9.04. The Morgan fingerprint density at radius 3 is 2.79 bits per heavy atom. The quantitative estimate of drug-likeness (QED) is 0.803. The van der Waals surface area contributed by atoms with Gasteiger partial charge in [-0.3, -0.25) is 4.79 Å². The predicted octanol–water partition coefficient (Wildman–Crippen LogP) is 3.82. The molecule has 2 heterocycles. The Morgan fingerprint density at radius 1 is 1.32 bits per heavy atom. The molecule has 1 atom stereocenters. The first kappa shape index (κ1) is 13.3. The van der Waals surface area contributed by atoms with E-state index in [1.54, 1.807) is 11.3 Å². The second-order valence-electron chi connectivity index (χ2n) is 4.39. The normalized spacial score (nSPS) is 15.2. The summed E-state index contributed by atoms with van der Waals surface area (Å²) in [6.45, 7) is 0. The first-order valence-corrected chi connectivity index (χ1v) is 8.08. The number of hydrogen-bond donors (Lipinski definition) is 2. The Bertz CT molecular complexity index is 649. The van der Waals surface area contributed by atoms with E-state index in [9.17, 15) is 4.79 Å². The highest BCUT2D eigenvalue weighted by Gasteiger charge is 2.20. The van der Waals surface area contributed by atoms with Crippen molar-refractivity contribution in [2.45, 2.75) is 12.5 Å². The largest absolute Gasteiger partial charge is 0.326 e. The SMILES string of the molecule is NC(c1ccc2c(c1)CC(=O)N2)c1cc(Br)c(Br)s1. The Labute approximate surface area is 131 Å². The number of fused-ring (bicyclic) bond motifs is 1. The lowest BCUT2D eigenvalue weighted by Gasteiger charge is -2.11. The third-order valence-corrected chi connectivity index (χ3v) is 6.42. The van der Waals surface area contributed by atoms with Crippen LogP contribution in [0.1, 0.15) is 22.0 Å². The molecule has 1 aromatic carbocycles. The lowest BCUT2D eigenvalue weighted by atomic mass is 10.0. The van der Waals surface area contributed by atoms with E-state index >= 15 is 0 Å². The maximum Gasteiger partial charge on any atom is 0.228 e. The average Bonchev–Trinajstić information content (AvgIpc) is 2.90. The van der Waals surface area contributed by atoms with Gasteiger partial charge >= 0.3 is 0 Å². The van der Waals surface area contributed by atoms with E-state index in [1.807, 2.05) is 24.3 Å². The molecule has 0 bridgehead atoms. The van der Waals surface area contributed by atoms with Crippen LogP contribution < -0.4 is 11.1 Å². The third-order valence-electron chi connectivity index (χ3n) is 3.08. The number of thiophene rings is 1. The molecule has 0 saturated heterocycles. The van der Waals surface area contributed by atoms with E-state index in [4.69, 9.17) is 5.73 Å². The molecule has 19 heavy (non-hydrogen) atoms. The van der Waals surface area contributed by atoms with Gasteiger partial charge in [-0.2, -0.15) is 0 Å². The molecular weight excluding hydrogens is 392 g/mol. The molecular formula is C13H10Br2N2OS. The van der Waals surface area contributed by atoms with E-state index < -0.39 is 0 Å². The summed E-state index contributed by atoms with van der Waals surface area (Å²) in [6.07, 6.45) is 0.438. The van der Waals surface area contributed by atoms with Gasteiger partial charge in [0.2, 0.25) is 5.91 Å². The third kappa shape index (κ3) is 2.50. The Hall–Kier alpha value is -0.690. The van der Waals surface area contributed by atoms with Gasteiger partial charge in [-0.1, -0.05) is 12.1 Å². The van der Waals surface area contributed by atoms with Crippen molar-refractivity contribution in [3.05, 3.63) is 48.5 Å². The van der Waals surface area contributed by atoms with Crippen molar-refractivity contribution in [1.82, 2.24) is 0 Å². The smallest absolute Gasteiger partial charge is 0.228 e. The van der Waals surface area contributed by atoms with Crippen molar-refractivity contribution in [3.63, 3.8) is 0 Å². The highest BCUT2D eigenvalue weighted by molar-refractivity contribution is 9.13. The number of nitrogens with one attached hydrogen (secondary N) is 1. The molecule has 0 radical (unpaired) electrons. The molecule has 0 saturated carbocycles. The first-order valence-electron chi connectivity index (χ1n) is 5.67. The minimum absolute atomic E-state index is 0.0438. The van der Waals surface area contributed by atoms with Crippen LogP contribution in [0.4, 0.5) is 5.69 Å². The molecule has 1 aromatic heterocycles. The van der Waals surface area contributed by atoms with Crippen LogP contribution in [-0.4, -0.2) is 5.91 Å². The highest BCUT2D eigenvalue weighted by Crippen LogP contribution is 2.37. The summed E-state index contributed by atoms with van der Waals surface area (Å²) in [5.74, 6) is 0.0438. The lowest BCUT2D eigenvalue weighted by Crippen LogP contribution is -2.10. The molecule has 3 nitrogen and oxygen atoms in total. The van der Waals surface area contributed by atoms with Crippen LogP contribution in [0.15, 0.2) is 32.5 Å². The molecule has 1 aliphatic rings. The van der Waals surface area contributed by atoms with Crippen LogP contribution in [-0.2, 0) is 11.2 Å². The van der Waals surface area contributed by atoms with E-state index in [1.165, 1.54) is 0 Å². The molecule has 1 amide bonds. The van der Waals surface area contributed by atoms with E-state index in [2.05, 4.69) is 37.2 Å². The molecule has 6 heteroatoms. The second kappa shape index (κ2) is 5.01. The number of halogens is 2. The minimum Gasteiger partial charge on any atom is -0.326 e. The molecule has 1 unspecified atom stereocenters. The topological polar surface area (TPSA) is 55.1 Å². The summed E-state index contributed by atoms with van der Waals surface area (Å²) in [5, 5.41) is 2.82. The van der Waals surface area contributed by atoms with Crippen LogP contribution in [0, 0.1) is 0 Å². The van der Waals surface area contributed by atoms with E-state index in [0.29, 0.717) is 6.42 Å². The van der Waals surface area contributed by atoms with Crippen molar-refractivity contribution in [3.8, 4) is 0 Å². The van der Waals surface area contributed by atoms with Crippen molar-refractivity contribution in [2.24, 2.45) is 5.73 Å². The summed E-state index contributed by atoms with van der Waals surface area (Å²) in [4.78, 5) is 12.4. The monoisotopic (exact) mass is 400 g/mol. The molecule has 0 aliphatic carbocycles. The summed E-state index contributed by atoms with van der Waals surface area (Å²) in [7, 11) is 0. The van der Waals surface area contributed by atoms with E-state index in [0.717, 1.165) is 30.0 Å². The number of benzene rings is 1. The fourth-order valence-electron chi connectivity index (χ4n) is 2.12. The Kier molecular flexibility index (Phi) is 3.51. The van der Waals surface area contributed by atoms with Crippen LogP contribution in [0.2, 0.25) is 0 Å². The lowest BCUT2D eigenvalue weighted by molar-refractivity contribution is -0.115. The molecule has 2 aromatic rings. The number of rotatable bonds is 2. The zero-order valence-electron chi connectivity index (χ0n) is 9.74. The van der Waals surface area contributed by atoms with Crippen molar-refractivity contribution >= 4 is 54.8 Å². The number of anilines is 1. The second-order valence-corrected chi connectivity index (χ2v) is 7.65. The number of carbonyl (C=O) groups excluding carboxylic acids is 1. The maximum atomic E-state index is 11.3. The van der Waals surface area contributed by atoms with Gasteiger partial charge in [0.05, 0.1) is 16.2 Å². The van der Waals surface area contributed by atoms with Gasteiger partial charge in [0.1, 0.15) is 0 Å². The molecule has 0 fully saturated rings. The summed E-state index contributed by atoms with van der Waals surface area (Å²) >= 11 is 8.56. The van der Waals surface area contributed by atoms with Crippen LogP contribution in [0.25, 0.3) is 0 Å². The van der Waals surface area contributed by atoms with Gasteiger partial charge < -0.3 is 11.1 Å². The van der Waals surface area contributed by atoms with Gasteiger partial charge in [0.15, 0.2) is 0 Å². The zero-order valence-corrected chi connectivity index (χ0v) is 13.7. The van der Waals surface area contributed by atoms with Crippen LogP contribution >= 0.6 is 43.2 Å². The highest BCUT2D eigenvalue weighted by atomic mass is 79.9. The van der Waals surface area contributed by atoms with Crippen LogP contribution in [0.5, 0.6) is 0 Å². The number of amides is 1. The fraction of sp³-hybridized carbons (Fsp3) is 0.154. The molecule has 1 aliphatic heterocycles. The van der Waals surface area contributed by atoms with Crippen molar-refractivity contribution in [2.75, 3.05) is 5.32 Å². The summed E-state index contributed by atoms with van der Waals surface area (Å²) in [5.41, 5.74) is 9.23. The van der Waals surface area contributed by atoms with E-state index in [-0.39, 0.29) is 11.9 Å². The number of hydrogen-bond acceptors (Lipinski definition) is 3. The summed E-state index contributed by atoms with van der Waals surface area (Å²) < 4.78 is 2.05. The molecule has 98 valence electrons. The summed E-state index contributed by atoms with van der Waals surface area (Å²) in [6, 6.07) is 7.76. The molecule has 3 rings (SSSR count). The van der Waals surface area contributed by atoms with Gasteiger partial charge in [-0.05, 0) is 55.1 Å². The van der Waals surface area contributed by atoms with Crippen LogP contribution in [0.3, 0.4) is 0 Å². The Balaban J connectivity index is 1.94. The predicted molar refractivity (Wildman–Crippen MR) is 84.5 cm³/mol. The van der Waals surface area contributed by atoms with Gasteiger partial charge in [-0.15, -0.1) is 11.3 Å². The van der Waals surface area contributed by atoms with Crippen molar-refractivity contribution in [1.29, 1.82) is 0 Å². The fourth-order valence-corrected chi connectivity index (χ4v) is 4.24. The standard InChI is InChI=1S/C13H10Br2N2OS/c14-8-5-10(19-13(8)15)12(16)6-1-2-9-7(3-6)4-11(18)17-9/h1-3,5,12H,4,16H2,(H,17,18). The number of carbonyl (C=O) groups is 1. The minimum atomic E-state index is -0.173. The number of nitrogens with two attached hydrogens (primary N) is 1. The van der Waals surface area contributed by atoms with Gasteiger partial charge in [0.25, 0.3) is 0 Å². The Morgan fingerprint density at radius 2 is 2.11 bits per heavy atom. The zero-order chi connectivity index (χ0) is 13.6. The van der Waals surface area contributed by atoms with Gasteiger partial charge in [0, 0.05) is 15.0 Å². The van der Waals surface area contributed by atoms with Gasteiger partial charge in [-0.25, -0.2) is 0 Å². The van der Waals surface area contributed by atoms with Crippen molar-refractivity contribution < 1.29 is 4.79 Å². The molecule has 0 spiro atoms.